The summed E-state index contributed by atoms with van der Waals surface area (Å²) in [6.45, 7) is 2.47. The van der Waals surface area contributed by atoms with Crippen molar-refractivity contribution in [3.63, 3.8) is 0 Å². The van der Waals surface area contributed by atoms with Crippen molar-refractivity contribution in [2.75, 3.05) is 6.61 Å². The quantitative estimate of drug-likeness (QED) is 0.121. The molecule has 0 N–H and O–H groups in total. The van der Waals surface area contributed by atoms with Gasteiger partial charge in [-0.2, -0.15) is 0 Å². The van der Waals surface area contributed by atoms with Gasteiger partial charge in [0.25, 0.3) is 5.69 Å². The monoisotopic (exact) mass is 590 g/mol. The number of halogens is 3. The second-order valence-electron chi connectivity index (χ2n) is 7.44. The molecule has 1 aliphatic rings. The number of benzene rings is 3. The third-order valence-corrected chi connectivity index (χ3v) is 6.07. The Morgan fingerprint density at radius 2 is 1.83 bits per heavy atom. The Morgan fingerprint density at radius 1 is 1.08 bits per heavy atom. The zero-order chi connectivity index (χ0) is 25.8. The van der Waals surface area contributed by atoms with E-state index in [4.69, 9.17) is 37.4 Å². The van der Waals surface area contributed by atoms with E-state index in [1.54, 1.807) is 12.1 Å². The van der Waals surface area contributed by atoms with Crippen molar-refractivity contribution in [1.82, 2.24) is 0 Å². The fraction of sp³-hybridized carbons (Fsp3) is 0.120. The summed E-state index contributed by atoms with van der Waals surface area (Å²) < 4.78 is 17.8. The molecule has 0 atom stereocenters. The van der Waals surface area contributed by atoms with E-state index in [9.17, 15) is 14.9 Å². The minimum Gasteiger partial charge on any atom is -0.490 e. The topological polar surface area (TPSA) is 100 Å². The molecule has 8 nitrogen and oxygen atoms in total. The fourth-order valence-corrected chi connectivity index (χ4v) is 4.01. The van der Waals surface area contributed by atoms with E-state index in [1.807, 2.05) is 31.2 Å². The molecule has 0 unspecified atom stereocenters. The highest BCUT2D eigenvalue weighted by Gasteiger charge is 2.26. The fourth-order valence-electron chi connectivity index (χ4n) is 3.29. The highest BCUT2D eigenvalue weighted by Crippen LogP contribution is 2.38. The first-order valence-electron chi connectivity index (χ1n) is 10.6. The molecule has 4 rings (SSSR count). The molecule has 1 aliphatic heterocycles. The molecule has 3 aromatic carbocycles. The van der Waals surface area contributed by atoms with E-state index in [-0.39, 0.29) is 39.5 Å². The molecule has 11 heteroatoms. The number of esters is 1. The van der Waals surface area contributed by atoms with Crippen LogP contribution in [0.4, 0.5) is 5.69 Å². The van der Waals surface area contributed by atoms with Crippen LogP contribution in [-0.2, 0) is 16.1 Å². The summed E-state index contributed by atoms with van der Waals surface area (Å²) in [5, 5.41) is 11.4. The molecular formula is C25H17BrCl2N2O6. The number of aliphatic imine (C=N–C) groups is 1. The van der Waals surface area contributed by atoms with Gasteiger partial charge in [-0.25, -0.2) is 9.79 Å². The molecule has 0 aromatic heterocycles. The predicted molar refractivity (Wildman–Crippen MR) is 140 cm³/mol. The van der Waals surface area contributed by atoms with Crippen LogP contribution in [0.15, 0.2) is 69.8 Å². The number of carbonyl (C=O) groups is 1. The molecule has 0 spiro atoms. The Labute approximate surface area is 224 Å². The zero-order valence-corrected chi connectivity index (χ0v) is 21.8. The SMILES string of the molecule is CCOc1cc(/C=C2\N=C(c3ccc(Cl)c([N+](=O)[O-])c3)OC2=O)cc(Cl)c1OCc1ccc(Br)cc1. The van der Waals surface area contributed by atoms with E-state index in [2.05, 4.69) is 20.9 Å². The molecule has 0 radical (unpaired) electrons. The van der Waals surface area contributed by atoms with Gasteiger partial charge in [0, 0.05) is 16.1 Å². The molecule has 0 bridgehead atoms. The number of nitrogens with zero attached hydrogens (tertiary/aromatic N) is 2. The number of nitro benzene ring substituents is 1. The maximum absolute atomic E-state index is 12.4. The number of carbonyl (C=O) groups excluding carboxylic acids is 1. The van der Waals surface area contributed by atoms with E-state index in [0.29, 0.717) is 23.7 Å². The van der Waals surface area contributed by atoms with Gasteiger partial charge in [0.05, 0.1) is 16.6 Å². The Hall–Kier alpha value is -3.40. The van der Waals surface area contributed by atoms with Crippen LogP contribution in [0, 0.1) is 10.1 Å². The predicted octanol–water partition coefficient (Wildman–Crippen LogP) is 6.99. The largest absolute Gasteiger partial charge is 0.490 e. The van der Waals surface area contributed by atoms with Gasteiger partial charge in [-0.3, -0.25) is 10.1 Å². The zero-order valence-electron chi connectivity index (χ0n) is 18.7. The maximum Gasteiger partial charge on any atom is 0.363 e. The lowest BCUT2D eigenvalue weighted by atomic mass is 10.1. The van der Waals surface area contributed by atoms with Crippen LogP contribution in [0.3, 0.4) is 0 Å². The van der Waals surface area contributed by atoms with Crippen LogP contribution < -0.4 is 9.47 Å². The number of cyclic esters (lactones) is 1. The third-order valence-electron chi connectivity index (χ3n) is 4.94. The van der Waals surface area contributed by atoms with Crippen molar-refractivity contribution in [2.24, 2.45) is 4.99 Å². The van der Waals surface area contributed by atoms with E-state index in [0.717, 1.165) is 10.0 Å². The highest BCUT2D eigenvalue weighted by atomic mass is 79.9. The molecule has 184 valence electrons. The van der Waals surface area contributed by atoms with Crippen molar-refractivity contribution in [2.45, 2.75) is 13.5 Å². The van der Waals surface area contributed by atoms with Crippen LogP contribution in [-0.4, -0.2) is 23.4 Å². The van der Waals surface area contributed by atoms with Crippen LogP contribution >= 0.6 is 39.1 Å². The molecular weight excluding hydrogens is 575 g/mol. The van der Waals surface area contributed by atoms with Gasteiger partial charge >= 0.3 is 5.97 Å². The maximum atomic E-state index is 12.4. The van der Waals surface area contributed by atoms with Crippen molar-refractivity contribution >= 4 is 62.8 Å². The first kappa shape index (κ1) is 25.7. The molecule has 0 saturated carbocycles. The summed E-state index contributed by atoms with van der Waals surface area (Å²) in [5.74, 6) is -0.0167. The Kier molecular flexibility index (Phi) is 7.93. The van der Waals surface area contributed by atoms with Gasteiger partial charge in [0.15, 0.2) is 17.2 Å². The molecule has 0 aliphatic carbocycles. The number of hydrogen-bond donors (Lipinski definition) is 0. The van der Waals surface area contributed by atoms with Crippen molar-refractivity contribution < 1.29 is 23.9 Å². The lowest BCUT2D eigenvalue weighted by molar-refractivity contribution is -0.384. The second kappa shape index (κ2) is 11.1. The normalized spacial score (nSPS) is 13.9. The summed E-state index contributed by atoms with van der Waals surface area (Å²) in [6.07, 6.45) is 1.48. The Morgan fingerprint density at radius 3 is 2.53 bits per heavy atom. The van der Waals surface area contributed by atoms with Crippen LogP contribution in [0.25, 0.3) is 6.08 Å². The third kappa shape index (κ3) is 5.87. The van der Waals surface area contributed by atoms with Crippen LogP contribution in [0.1, 0.15) is 23.6 Å². The highest BCUT2D eigenvalue weighted by molar-refractivity contribution is 9.10. The van der Waals surface area contributed by atoms with Gasteiger partial charge < -0.3 is 14.2 Å². The van der Waals surface area contributed by atoms with Gasteiger partial charge in [0.2, 0.25) is 5.90 Å². The molecule has 1 heterocycles. The number of nitro groups is 1. The number of ether oxygens (including phenoxy) is 3. The van der Waals surface area contributed by atoms with E-state index >= 15 is 0 Å². The minimum absolute atomic E-state index is 0.00958. The average molecular weight is 592 g/mol. The van der Waals surface area contributed by atoms with Crippen molar-refractivity contribution in [3.8, 4) is 11.5 Å². The van der Waals surface area contributed by atoms with E-state index in [1.165, 1.54) is 24.3 Å². The summed E-state index contributed by atoms with van der Waals surface area (Å²) in [6, 6.07) is 15.0. The minimum atomic E-state index is -0.716. The standard InChI is InChI=1S/C25H17BrCl2N2O6/c1-2-34-22-11-15(9-19(28)23(22)35-13-14-3-6-17(26)7-4-14)10-20-25(31)36-24(29-20)16-5-8-18(27)21(12-16)30(32)33/h3-12H,2,13H2,1H3/b20-10-. The Balaban J connectivity index is 1.62. The summed E-state index contributed by atoms with van der Waals surface area (Å²) in [7, 11) is 0. The summed E-state index contributed by atoms with van der Waals surface area (Å²) in [5.41, 5.74) is 1.38. The smallest absolute Gasteiger partial charge is 0.363 e. The van der Waals surface area contributed by atoms with Gasteiger partial charge in [-0.1, -0.05) is 51.3 Å². The Bertz CT molecular complexity index is 1410. The number of hydrogen-bond acceptors (Lipinski definition) is 7. The number of rotatable bonds is 8. The van der Waals surface area contributed by atoms with Gasteiger partial charge in [0.1, 0.15) is 11.6 Å². The van der Waals surface area contributed by atoms with Gasteiger partial charge in [-0.05, 0) is 60.5 Å². The first-order chi connectivity index (χ1) is 17.2. The summed E-state index contributed by atoms with van der Waals surface area (Å²) >= 11 is 15.8. The average Bonchev–Trinajstić information content (AvgIpc) is 3.20. The molecule has 3 aromatic rings. The molecule has 36 heavy (non-hydrogen) atoms. The van der Waals surface area contributed by atoms with Gasteiger partial charge in [-0.15, -0.1) is 0 Å². The first-order valence-corrected chi connectivity index (χ1v) is 12.1. The molecule has 0 fully saturated rings. The second-order valence-corrected chi connectivity index (χ2v) is 9.17. The van der Waals surface area contributed by atoms with Crippen LogP contribution in [0.5, 0.6) is 11.5 Å². The lowest BCUT2D eigenvalue weighted by Gasteiger charge is -2.14. The van der Waals surface area contributed by atoms with Crippen LogP contribution in [0.2, 0.25) is 10.0 Å². The molecule has 0 saturated heterocycles. The van der Waals surface area contributed by atoms with Crippen molar-refractivity contribution in [1.29, 1.82) is 0 Å². The molecule has 0 amide bonds. The lowest BCUT2D eigenvalue weighted by Crippen LogP contribution is -2.06. The van der Waals surface area contributed by atoms with E-state index < -0.39 is 10.9 Å². The summed E-state index contributed by atoms with van der Waals surface area (Å²) in [4.78, 5) is 27.2. The van der Waals surface area contributed by atoms with Crippen molar-refractivity contribution in [3.05, 3.63) is 102 Å².